The highest BCUT2D eigenvalue weighted by molar-refractivity contribution is 6.32. The predicted octanol–water partition coefficient (Wildman–Crippen LogP) is 2.09. The molecule has 0 saturated carbocycles. The Kier molecular flexibility index (Phi) is 4.64. The monoisotopic (exact) mass is 382 g/mol. The van der Waals surface area contributed by atoms with Gasteiger partial charge in [0.2, 0.25) is 0 Å². The van der Waals surface area contributed by atoms with Crippen LogP contribution in [-0.2, 0) is 4.79 Å². The van der Waals surface area contributed by atoms with Crippen molar-refractivity contribution in [3.63, 3.8) is 0 Å². The van der Waals surface area contributed by atoms with E-state index >= 15 is 0 Å². The van der Waals surface area contributed by atoms with Gasteiger partial charge in [-0.2, -0.15) is 0 Å². The van der Waals surface area contributed by atoms with E-state index in [-0.39, 0.29) is 29.5 Å². The lowest BCUT2D eigenvalue weighted by atomic mass is 10.2. The Hall–Kier alpha value is -3.49. The number of carbonyl (C=O) groups excluding carboxylic acids is 1. The van der Waals surface area contributed by atoms with Gasteiger partial charge in [0.15, 0.2) is 0 Å². The number of nitrogens with one attached hydrogen (secondary N) is 2. The zero-order chi connectivity index (χ0) is 19.7. The van der Waals surface area contributed by atoms with Crippen molar-refractivity contribution in [1.82, 2.24) is 9.97 Å². The molecular formula is C19H19FN6O2. The number of anilines is 3. The normalized spacial score (nSPS) is 21.0. The van der Waals surface area contributed by atoms with Crippen LogP contribution in [0.1, 0.15) is 6.42 Å². The molecule has 4 heterocycles. The molecule has 3 N–H and O–H groups in total. The van der Waals surface area contributed by atoms with Crippen molar-refractivity contribution < 1.29 is 14.3 Å². The molecule has 2 aromatic rings. The van der Waals surface area contributed by atoms with Crippen molar-refractivity contribution in [2.24, 2.45) is 0 Å². The lowest BCUT2D eigenvalue weighted by molar-refractivity contribution is -0.114. The Morgan fingerprint density at radius 3 is 2.64 bits per heavy atom. The molecule has 4 rings (SSSR count). The van der Waals surface area contributed by atoms with Gasteiger partial charge in [0.25, 0.3) is 5.91 Å². The van der Waals surface area contributed by atoms with E-state index in [0.29, 0.717) is 36.8 Å². The number of amides is 1. The zero-order valence-corrected chi connectivity index (χ0v) is 15.0. The van der Waals surface area contributed by atoms with Crippen LogP contribution in [0.15, 0.2) is 48.4 Å². The minimum absolute atomic E-state index is 0.00909. The zero-order valence-electron chi connectivity index (χ0n) is 15.0. The van der Waals surface area contributed by atoms with Gasteiger partial charge in [0.05, 0.1) is 42.5 Å². The number of aromatic hydroxyl groups is 1. The summed E-state index contributed by atoms with van der Waals surface area (Å²) >= 11 is 0. The molecule has 2 saturated heterocycles. The van der Waals surface area contributed by atoms with E-state index in [2.05, 4.69) is 15.3 Å². The summed E-state index contributed by atoms with van der Waals surface area (Å²) in [6.45, 7) is 1.12. The summed E-state index contributed by atoms with van der Waals surface area (Å²) in [5, 5.41) is 20.4. The van der Waals surface area contributed by atoms with E-state index in [9.17, 15) is 14.3 Å². The first-order valence-electron chi connectivity index (χ1n) is 8.88. The second-order valence-electron chi connectivity index (χ2n) is 6.68. The summed E-state index contributed by atoms with van der Waals surface area (Å²) in [6.07, 6.45) is 4.06. The second kappa shape index (κ2) is 7.26. The summed E-state index contributed by atoms with van der Waals surface area (Å²) in [7, 11) is 0. The summed E-state index contributed by atoms with van der Waals surface area (Å²) in [6, 6.07) is 6.57. The molecule has 8 nitrogen and oxygen atoms in total. The maximum absolute atomic E-state index is 13.3. The predicted molar refractivity (Wildman–Crippen MR) is 104 cm³/mol. The maximum Gasteiger partial charge on any atom is 0.263 e. The van der Waals surface area contributed by atoms with Crippen LogP contribution in [0.3, 0.4) is 0 Å². The lowest BCUT2D eigenvalue weighted by Gasteiger charge is -2.16. The Balaban J connectivity index is 1.44. The summed E-state index contributed by atoms with van der Waals surface area (Å²) < 4.78 is 13.3. The number of hydrogen-bond donors (Lipinski definition) is 3. The Bertz CT molecular complexity index is 928. The van der Waals surface area contributed by atoms with Crippen LogP contribution in [-0.4, -0.2) is 52.5 Å². The Morgan fingerprint density at radius 1 is 1.21 bits per heavy atom. The first-order valence-corrected chi connectivity index (χ1v) is 8.88. The molecule has 2 aliphatic rings. The second-order valence-corrected chi connectivity index (χ2v) is 6.68. The smallest absolute Gasteiger partial charge is 0.263 e. The van der Waals surface area contributed by atoms with Gasteiger partial charge in [-0.1, -0.05) is 0 Å². The fraction of sp³-hybridized carbons (Fsp3) is 0.263. The molecule has 2 fully saturated rings. The number of rotatable bonds is 4. The number of hydrogen-bond acceptors (Lipinski definition) is 7. The van der Waals surface area contributed by atoms with Crippen molar-refractivity contribution in [2.45, 2.75) is 12.6 Å². The fourth-order valence-electron chi connectivity index (χ4n) is 3.20. The van der Waals surface area contributed by atoms with Gasteiger partial charge in [0, 0.05) is 12.7 Å². The maximum atomic E-state index is 13.3. The summed E-state index contributed by atoms with van der Waals surface area (Å²) in [5.74, 6) is 0.757. The van der Waals surface area contributed by atoms with Crippen molar-refractivity contribution in [2.75, 3.05) is 34.8 Å². The number of halogens is 1. The molecule has 2 aromatic heterocycles. The van der Waals surface area contributed by atoms with Crippen molar-refractivity contribution in [3.05, 3.63) is 48.4 Å². The summed E-state index contributed by atoms with van der Waals surface area (Å²) in [5.41, 5.74) is 1.07. The molecule has 0 aliphatic carbocycles. The third-order valence-electron chi connectivity index (χ3n) is 4.71. The van der Waals surface area contributed by atoms with Crippen LogP contribution in [0, 0.1) is 5.41 Å². The molecule has 1 amide bonds. The van der Waals surface area contributed by atoms with Gasteiger partial charge >= 0.3 is 0 Å². The fourth-order valence-corrected chi connectivity index (χ4v) is 3.20. The van der Waals surface area contributed by atoms with Crippen molar-refractivity contribution in [3.8, 4) is 5.75 Å². The Labute approximate surface area is 160 Å². The van der Waals surface area contributed by atoms with Crippen LogP contribution in [0.2, 0.25) is 0 Å². The van der Waals surface area contributed by atoms with Crippen LogP contribution < -0.4 is 15.1 Å². The first-order chi connectivity index (χ1) is 13.5. The van der Waals surface area contributed by atoms with Crippen molar-refractivity contribution >= 4 is 28.9 Å². The van der Waals surface area contributed by atoms with Crippen molar-refractivity contribution in [1.29, 1.82) is 5.41 Å². The van der Waals surface area contributed by atoms with E-state index in [1.54, 1.807) is 18.3 Å². The largest absolute Gasteiger partial charge is 0.506 e. The molecule has 1 atom stereocenters. The van der Waals surface area contributed by atoms with Gasteiger partial charge in [-0.3, -0.25) is 9.69 Å². The Morgan fingerprint density at radius 2 is 2.00 bits per heavy atom. The minimum atomic E-state index is -0.810. The average molecular weight is 382 g/mol. The van der Waals surface area contributed by atoms with E-state index in [1.807, 2.05) is 4.90 Å². The number of carbonyl (C=O) groups is 1. The topological polar surface area (TPSA) is 105 Å². The summed E-state index contributed by atoms with van der Waals surface area (Å²) in [4.78, 5) is 24.2. The number of alkyl halides is 1. The standard InChI is InChI=1S/C19H19FN6O2/c20-12-5-6-25(10-12)17-3-1-13(7-23-17)22-9-15-16(21)11-26(19(15)28)18-4-2-14(27)8-24-18/h1-4,7-9,12,21-22,27H,5-6,10-11H2/b15-9+,21-16?/t12-/m0/s1. The van der Waals surface area contributed by atoms with Gasteiger partial charge in [-0.05, 0) is 30.7 Å². The van der Waals surface area contributed by atoms with E-state index < -0.39 is 6.17 Å². The molecule has 0 aromatic carbocycles. The van der Waals surface area contributed by atoms with Crippen LogP contribution in [0.25, 0.3) is 0 Å². The lowest BCUT2D eigenvalue weighted by Crippen LogP contribution is -2.25. The molecule has 2 aliphatic heterocycles. The molecule has 144 valence electrons. The van der Waals surface area contributed by atoms with Gasteiger partial charge in [0.1, 0.15) is 23.6 Å². The SMILES string of the molecule is N=C1CN(c2ccc(O)cn2)C(=O)/C1=C/Nc1ccc(N2CC[C@H](F)C2)nc1. The third kappa shape index (κ3) is 3.51. The van der Waals surface area contributed by atoms with Gasteiger partial charge in [-0.15, -0.1) is 0 Å². The molecule has 9 heteroatoms. The van der Waals surface area contributed by atoms with Gasteiger partial charge < -0.3 is 20.7 Å². The molecule has 28 heavy (non-hydrogen) atoms. The molecule has 0 spiro atoms. The highest BCUT2D eigenvalue weighted by Crippen LogP contribution is 2.24. The molecule has 0 radical (unpaired) electrons. The molecule has 0 unspecified atom stereocenters. The van der Waals surface area contributed by atoms with Crippen LogP contribution >= 0.6 is 0 Å². The van der Waals surface area contributed by atoms with Gasteiger partial charge in [-0.25, -0.2) is 14.4 Å². The molecular weight excluding hydrogens is 363 g/mol. The minimum Gasteiger partial charge on any atom is -0.506 e. The number of pyridine rings is 2. The van der Waals surface area contributed by atoms with Crippen LogP contribution in [0.4, 0.5) is 21.7 Å². The third-order valence-corrected chi connectivity index (χ3v) is 4.71. The van der Waals surface area contributed by atoms with E-state index in [0.717, 1.165) is 0 Å². The number of aromatic nitrogens is 2. The average Bonchev–Trinajstić information content (AvgIpc) is 3.25. The highest BCUT2D eigenvalue weighted by atomic mass is 19.1. The quantitative estimate of drug-likeness (QED) is 0.700. The first kappa shape index (κ1) is 17.9. The van der Waals surface area contributed by atoms with E-state index in [4.69, 9.17) is 5.41 Å². The molecule has 0 bridgehead atoms. The van der Waals surface area contributed by atoms with E-state index in [1.165, 1.54) is 29.4 Å². The van der Waals surface area contributed by atoms with Crippen LogP contribution in [0.5, 0.6) is 5.75 Å². The number of nitrogens with zero attached hydrogens (tertiary/aromatic N) is 4. The highest BCUT2D eigenvalue weighted by Gasteiger charge is 2.32.